The maximum atomic E-state index is 10.5. The summed E-state index contributed by atoms with van der Waals surface area (Å²) in [5, 5.41) is 19.5. The Kier molecular flexibility index (Phi) is 4.10. The zero-order valence-electron chi connectivity index (χ0n) is 7.74. The summed E-state index contributed by atoms with van der Waals surface area (Å²) in [5.41, 5.74) is 0.751. The fraction of sp³-hybridized carbons (Fsp3) is 0.200. The van der Waals surface area contributed by atoms with Crippen LogP contribution < -0.4 is 0 Å². The molecule has 0 aliphatic heterocycles. The van der Waals surface area contributed by atoms with Gasteiger partial charge in [-0.15, -0.1) is 11.6 Å². The summed E-state index contributed by atoms with van der Waals surface area (Å²) in [6, 6.07) is 4.33. The quantitative estimate of drug-likeness (QED) is 0.361. The van der Waals surface area contributed by atoms with Gasteiger partial charge < -0.3 is 5.11 Å². The van der Waals surface area contributed by atoms with Gasteiger partial charge in [-0.3, -0.25) is 10.1 Å². The van der Waals surface area contributed by atoms with E-state index in [9.17, 15) is 10.1 Å². The van der Waals surface area contributed by atoms with E-state index in [1.165, 1.54) is 18.2 Å². The van der Waals surface area contributed by atoms with Crippen LogP contribution in [0, 0.1) is 22.0 Å². The van der Waals surface area contributed by atoms with Crippen molar-refractivity contribution in [2.75, 3.05) is 5.88 Å². The minimum absolute atomic E-state index is 0.103. The SMILES string of the molecule is O=[N+]([O-])c1ccc(C#CCCl)cc1CO. The normalized spacial score (nSPS) is 9.20. The molecule has 0 bridgehead atoms. The van der Waals surface area contributed by atoms with E-state index in [0.29, 0.717) is 5.56 Å². The second kappa shape index (κ2) is 5.35. The Morgan fingerprint density at radius 2 is 2.27 bits per heavy atom. The molecule has 0 aliphatic rings. The molecule has 0 saturated carbocycles. The first kappa shape index (κ1) is 11.5. The molecule has 0 saturated heterocycles. The van der Waals surface area contributed by atoms with Crippen molar-refractivity contribution in [2.45, 2.75) is 6.61 Å². The number of aliphatic hydroxyl groups is 1. The maximum Gasteiger partial charge on any atom is 0.274 e. The van der Waals surface area contributed by atoms with E-state index in [2.05, 4.69) is 11.8 Å². The lowest BCUT2D eigenvalue weighted by Gasteiger charge is -1.99. The molecule has 4 nitrogen and oxygen atoms in total. The molecule has 0 unspecified atom stereocenters. The van der Waals surface area contributed by atoms with Crippen LogP contribution in [0.3, 0.4) is 0 Å². The Morgan fingerprint density at radius 1 is 1.53 bits per heavy atom. The molecule has 1 aromatic carbocycles. The number of rotatable bonds is 2. The topological polar surface area (TPSA) is 63.4 Å². The smallest absolute Gasteiger partial charge is 0.274 e. The molecule has 0 radical (unpaired) electrons. The molecule has 1 rings (SSSR count). The number of alkyl halides is 1. The van der Waals surface area contributed by atoms with Crippen LogP contribution in [-0.2, 0) is 6.61 Å². The van der Waals surface area contributed by atoms with Crippen LogP contribution in [0.2, 0.25) is 0 Å². The van der Waals surface area contributed by atoms with Gasteiger partial charge in [0, 0.05) is 11.6 Å². The van der Waals surface area contributed by atoms with Crippen molar-refractivity contribution in [3.8, 4) is 11.8 Å². The van der Waals surface area contributed by atoms with Gasteiger partial charge in [-0.2, -0.15) is 0 Å². The van der Waals surface area contributed by atoms with E-state index in [1.807, 2.05) is 0 Å². The van der Waals surface area contributed by atoms with Crippen LogP contribution in [0.25, 0.3) is 0 Å². The first-order chi connectivity index (χ1) is 7.19. The lowest BCUT2D eigenvalue weighted by atomic mass is 10.1. The number of nitrogens with zero attached hydrogens (tertiary/aromatic N) is 1. The molecule has 0 amide bonds. The number of benzene rings is 1. The molecule has 1 aromatic rings. The van der Waals surface area contributed by atoms with Crippen LogP contribution >= 0.6 is 11.6 Å². The summed E-state index contributed by atoms with van der Waals surface area (Å²) in [4.78, 5) is 10.0. The van der Waals surface area contributed by atoms with E-state index in [1.54, 1.807) is 0 Å². The van der Waals surface area contributed by atoms with E-state index >= 15 is 0 Å². The maximum absolute atomic E-state index is 10.5. The predicted octanol–water partition coefficient (Wildman–Crippen LogP) is 1.68. The summed E-state index contributed by atoms with van der Waals surface area (Å²) in [7, 11) is 0. The molecule has 5 heteroatoms. The third kappa shape index (κ3) is 2.94. The summed E-state index contributed by atoms with van der Waals surface area (Å²) >= 11 is 5.38. The second-order valence-electron chi connectivity index (χ2n) is 2.69. The van der Waals surface area contributed by atoms with Gasteiger partial charge in [0.25, 0.3) is 5.69 Å². The standard InChI is InChI=1S/C10H8ClNO3/c11-5-1-2-8-3-4-10(12(14)15)9(6-8)7-13/h3-4,6,13H,5,7H2. The van der Waals surface area contributed by atoms with Gasteiger partial charge in [-0.25, -0.2) is 0 Å². The van der Waals surface area contributed by atoms with Gasteiger partial charge in [0.05, 0.1) is 23.0 Å². The molecule has 15 heavy (non-hydrogen) atoms. The highest BCUT2D eigenvalue weighted by Crippen LogP contribution is 2.19. The number of halogens is 1. The van der Waals surface area contributed by atoms with Gasteiger partial charge >= 0.3 is 0 Å². The molecule has 0 spiro atoms. The molecule has 0 heterocycles. The van der Waals surface area contributed by atoms with Crippen molar-refractivity contribution >= 4 is 17.3 Å². The van der Waals surface area contributed by atoms with Gasteiger partial charge in [0.15, 0.2) is 0 Å². The number of hydrogen-bond acceptors (Lipinski definition) is 3. The van der Waals surface area contributed by atoms with Crippen molar-refractivity contribution in [3.63, 3.8) is 0 Å². The molecule has 0 atom stereocenters. The molecule has 0 aromatic heterocycles. The summed E-state index contributed by atoms with van der Waals surface area (Å²) < 4.78 is 0. The number of nitro benzene ring substituents is 1. The Labute approximate surface area is 91.6 Å². The Morgan fingerprint density at radius 3 is 2.80 bits per heavy atom. The molecule has 78 valence electrons. The molecular formula is C10H8ClNO3. The predicted molar refractivity (Wildman–Crippen MR) is 56.6 cm³/mol. The summed E-state index contributed by atoms with van der Waals surface area (Å²) in [6.45, 7) is -0.382. The monoisotopic (exact) mass is 225 g/mol. The number of nitro groups is 1. The first-order valence-electron chi connectivity index (χ1n) is 4.12. The highest BCUT2D eigenvalue weighted by atomic mass is 35.5. The Hall–Kier alpha value is -1.57. The lowest BCUT2D eigenvalue weighted by molar-refractivity contribution is -0.385. The van der Waals surface area contributed by atoms with Gasteiger partial charge in [-0.05, 0) is 12.1 Å². The van der Waals surface area contributed by atoms with Crippen molar-refractivity contribution in [3.05, 3.63) is 39.4 Å². The van der Waals surface area contributed by atoms with Gasteiger partial charge in [0.2, 0.25) is 0 Å². The minimum atomic E-state index is -0.537. The third-order valence-electron chi connectivity index (χ3n) is 1.75. The zero-order chi connectivity index (χ0) is 11.3. The third-order valence-corrected chi connectivity index (χ3v) is 1.88. The summed E-state index contributed by atoms with van der Waals surface area (Å²) in [5.74, 6) is 5.55. The van der Waals surface area contributed by atoms with Crippen molar-refractivity contribution in [2.24, 2.45) is 0 Å². The number of aliphatic hydroxyl groups excluding tert-OH is 1. The average molecular weight is 226 g/mol. The fourth-order valence-electron chi connectivity index (χ4n) is 1.10. The highest BCUT2D eigenvalue weighted by Gasteiger charge is 2.12. The van der Waals surface area contributed by atoms with Crippen LogP contribution in [0.4, 0.5) is 5.69 Å². The molecular weight excluding hydrogens is 218 g/mol. The van der Waals surface area contributed by atoms with Gasteiger partial charge in [-0.1, -0.05) is 11.8 Å². The highest BCUT2D eigenvalue weighted by molar-refractivity contribution is 6.19. The van der Waals surface area contributed by atoms with Crippen LogP contribution in [0.15, 0.2) is 18.2 Å². The average Bonchev–Trinajstić information content (AvgIpc) is 2.25. The first-order valence-corrected chi connectivity index (χ1v) is 4.65. The Bertz CT molecular complexity index is 434. The van der Waals surface area contributed by atoms with Crippen LogP contribution in [0.1, 0.15) is 11.1 Å². The fourth-order valence-corrected chi connectivity index (χ4v) is 1.17. The van der Waals surface area contributed by atoms with E-state index < -0.39 is 4.92 Å². The number of hydrogen-bond donors (Lipinski definition) is 1. The molecule has 0 fully saturated rings. The van der Waals surface area contributed by atoms with Crippen LogP contribution in [-0.4, -0.2) is 15.9 Å². The lowest BCUT2D eigenvalue weighted by Crippen LogP contribution is -1.95. The molecule has 0 aliphatic carbocycles. The molecule has 1 N–H and O–H groups in total. The summed E-state index contributed by atoms with van der Waals surface area (Å²) in [6.07, 6.45) is 0. The van der Waals surface area contributed by atoms with E-state index in [0.717, 1.165) is 0 Å². The minimum Gasteiger partial charge on any atom is -0.391 e. The van der Waals surface area contributed by atoms with Crippen molar-refractivity contribution in [1.29, 1.82) is 0 Å². The Balaban J connectivity index is 3.13. The van der Waals surface area contributed by atoms with E-state index in [4.69, 9.17) is 16.7 Å². The van der Waals surface area contributed by atoms with E-state index in [-0.39, 0.29) is 23.7 Å². The van der Waals surface area contributed by atoms with Crippen molar-refractivity contribution < 1.29 is 10.0 Å². The second-order valence-corrected chi connectivity index (χ2v) is 2.96. The van der Waals surface area contributed by atoms with Crippen LogP contribution in [0.5, 0.6) is 0 Å². The zero-order valence-corrected chi connectivity index (χ0v) is 8.49. The van der Waals surface area contributed by atoms with Gasteiger partial charge in [0.1, 0.15) is 0 Å². The largest absolute Gasteiger partial charge is 0.391 e. The van der Waals surface area contributed by atoms with Crippen molar-refractivity contribution in [1.82, 2.24) is 0 Å².